The molecule has 0 aliphatic heterocycles. The van der Waals surface area contributed by atoms with E-state index in [4.69, 9.17) is 4.52 Å². The number of hydrogen-bond acceptors (Lipinski definition) is 5. The van der Waals surface area contributed by atoms with Gasteiger partial charge in [0.05, 0.1) is 12.6 Å². The Bertz CT molecular complexity index is 392. The van der Waals surface area contributed by atoms with E-state index in [-0.39, 0.29) is 12.0 Å². The highest BCUT2D eigenvalue weighted by Crippen LogP contribution is 2.25. The van der Waals surface area contributed by atoms with Crippen molar-refractivity contribution >= 4 is 0 Å². The van der Waals surface area contributed by atoms with E-state index in [0.29, 0.717) is 18.4 Å². The van der Waals surface area contributed by atoms with E-state index in [1.165, 1.54) is 6.42 Å². The third-order valence-electron chi connectivity index (χ3n) is 3.80. The molecule has 2 rings (SSSR count). The number of hydrogen-bond donors (Lipinski definition) is 1. The van der Waals surface area contributed by atoms with Gasteiger partial charge in [-0.2, -0.15) is 4.98 Å². The predicted octanol–water partition coefficient (Wildman–Crippen LogP) is 2.18. The zero-order valence-corrected chi connectivity index (χ0v) is 12.2. The normalized spacial score (nSPS) is 24.3. The molecule has 1 aliphatic carbocycles. The molecule has 0 amide bonds. The van der Waals surface area contributed by atoms with E-state index in [1.807, 2.05) is 20.9 Å². The first-order valence-electron chi connectivity index (χ1n) is 7.25. The lowest BCUT2D eigenvalue weighted by Crippen LogP contribution is -2.34. The van der Waals surface area contributed by atoms with Crippen molar-refractivity contribution in [3.8, 4) is 0 Å². The number of aliphatic hydroxyl groups excluding tert-OH is 1. The maximum Gasteiger partial charge on any atom is 0.229 e. The molecule has 1 saturated carbocycles. The lowest BCUT2D eigenvalue weighted by molar-refractivity contribution is 0.0496. The zero-order chi connectivity index (χ0) is 13.8. The van der Waals surface area contributed by atoms with E-state index in [2.05, 4.69) is 15.0 Å². The maximum absolute atomic E-state index is 9.98. The molecular formula is C14H25N3O2. The average Bonchev–Trinajstić information content (AvgIpc) is 2.80. The van der Waals surface area contributed by atoms with Crippen LogP contribution < -0.4 is 0 Å². The van der Waals surface area contributed by atoms with Crippen LogP contribution in [0.4, 0.5) is 0 Å². The largest absolute Gasteiger partial charge is 0.393 e. The molecule has 1 fully saturated rings. The second-order valence-corrected chi connectivity index (χ2v) is 6.01. The van der Waals surface area contributed by atoms with E-state index >= 15 is 0 Å². The summed E-state index contributed by atoms with van der Waals surface area (Å²) in [5.41, 5.74) is 0. The first kappa shape index (κ1) is 14.5. The molecule has 0 saturated heterocycles. The molecule has 1 aromatic rings. The molecule has 0 bridgehead atoms. The molecule has 1 N–H and O–H groups in total. The van der Waals surface area contributed by atoms with Crippen molar-refractivity contribution in [2.24, 2.45) is 5.92 Å². The quantitative estimate of drug-likeness (QED) is 0.886. The van der Waals surface area contributed by atoms with Gasteiger partial charge in [0.25, 0.3) is 0 Å². The fourth-order valence-electron chi connectivity index (χ4n) is 2.67. The van der Waals surface area contributed by atoms with E-state index in [0.717, 1.165) is 31.6 Å². The monoisotopic (exact) mass is 267 g/mol. The minimum Gasteiger partial charge on any atom is -0.393 e. The summed E-state index contributed by atoms with van der Waals surface area (Å²) in [5, 5.41) is 14.0. The van der Waals surface area contributed by atoms with Gasteiger partial charge in [-0.25, -0.2) is 0 Å². The lowest BCUT2D eigenvalue weighted by Gasteiger charge is -2.30. The van der Waals surface area contributed by atoms with Crippen molar-refractivity contribution < 1.29 is 9.63 Å². The van der Waals surface area contributed by atoms with Crippen molar-refractivity contribution in [2.45, 2.75) is 58.1 Å². The summed E-state index contributed by atoms with van der Waals surface area (Å²) >= 11 is 0. The Hall–Kier alpha value is -0.940. The molecule has 0 radical (unpaired) electrons. The molecule has 2 unspecified atom stereocenters. The molecule has 5 nitrogen and oxygen atoms in total. The van der Waals surface area contributed by atoms with Crippen LogP contribution in [0.2, 0.25) is 0 Å². The number of aromatic nitrogens is 2. The Morgan fingerprint density at radius 2 is 2.11 bits per heavy atom. The lowest BCUT2D eigenvalue weighted by atomic mass is 9.86. The summed E-state index contributed by atoms with van der Waals surface area (Å²) in [4.78, 5) is 6.55. The SMILES string of the molecule is CC(C)c1nc(CN(C)CC2CCCCC2O)no1. The Kier molecular flexibility index (Phi) is 4.93. The van der Waals surface area contributed by atoms with E-state index in [9.17, 15) is 5.11 Å². The average molecular weight is 267 g/mol. The van der Waals surface area contributed by atoms with Crippen molar-refractivity contribution in [3.63, 3.8) is 0 Å². The second kappa shape index (κ2) is 6.48. The molecule has 1 heterocycles. The minimum absolute atomic E-state index is 0.146. The second-order valence-electron chi connectivity index (χ2n) is 6.01. The van der Waals surface area contributed by atoms with Gasteiger partial charge >= 0.3 is 0 Å². The van der Waals surface area contributed by atoms with Gasteiger partial charge in [-0.15, -0.1) is 0 Å². The molecule has 0 spiro atoms. The zero-order valence-electron chi connectivity index (χ0n) is 12.2. The Morgan fingerprint density at radius 1 is 1.37 bits per heavy atom. The van der Waals surface area contributed by atoms with E-state index in [1.54, 1.807) is 0 Å². The number of rotatable bonds is 5. The highest BCUT2D eigenvalue weighted by molar-refractivity contribution is 4.90. The topological polar surface area (TPSA) is 62.4 Å². The fourth-order valence-corrected chi connectivity index (χ4v) is 2.67. The van der Waals surface area contributed by atoms with Crippen LogP contribution in [0.25, 0.3) is 0 Å². The van der Waals surface area contributed by atoms with Gasteiger partial charge in [-0.1, -0.05) is 31.8 Å². The molecule has 108 valence electrons. The molecule has 1 aromatic heterocycles. The van der Waals surface area contributed by atoms with Crippen LogP contribution in [-0.2, 0) is 6.54 Å². The summed E-state index contributed by atoms with van der Waals surface area (Å²) in [6.45, 7) is 5.66. The van der Waals surface area contributed by atoms with Crippen molar-refractivity contribution in [1.29, 1.82) is 0 Å². The van der Waals surface area contributed by atoms with Gasteiger partial charge in [0.2, 0.25) is 5.89 Å². The Morgan fingerprint density at radius 3 is 2.74 bits per heavy atom. The van der Waals surface area contributed by atoms with Crippen LogP contribution in [0.5, 0.6) is 0 Å². The van der Waals surface area contributed by atoms with Gasteiger partial charge in [0.1, 0.15) is 0 Å². The van der Waals surface area contributed by atoms with Crippen LogP contribution in [0.15, 0.2) is 4.52 Å². The summed E-state index contributed by atoms with van der Waals surface area (Å²) in [6.07, 6.45) is 4.31. The summed E-state index contributed by atoms with van der Waals surface area (Å²) in [7, 11) is 2.05. The van der Waals surface area contributed by atoms with Gasteiger partial charge in [0, 0.05) is 12.5 Å². The highest BCUT2D eigenvalue weighted by atomic mass is 16.5. The number of nitrogens with zero attached hydrogens (tertiary/aromatic N) is 3. The van der Waals surface area contributed by atoms with Crippen LogP contribution in [0.1, 0.15) is 57.2 Å². The summed E-state index contributed by atoms with van der Waals surface area (Å²) in [5.74, 6) is 2.08. The smallest absolute Gasteiger partial charge is 0.229 e. The van der Waals surface area contributed by atoms with Crippen molar-refractivity contribution in [3.05, 3.63) is 11.7 Å². The van der Waals surface area contributed by atoms with Gasteiger partial charge in [-0.05, 0) is 25.8 Å². The Labute approximate surface area is 115 Å². The fraction of sp³-hybridized carbons (Fsp3) is 0.857. The predicted molar refractivity (Wildman–Crippen MR) is 72.7 cm³/mol. The first-order chi connectivity index (χ1) is 9.06. The summed E-state index contributed by atoms with van der Waals surface area (Å²) < 4.78 is 5.20. The minimum atomic E-state index is -0.146. The first-order valence-corrected chi connectivity index (χ1v) is 7.25. The van der Waals surface area contributed by atoms with Crippen LogP contribution in [0.3, 0.4) is 0 Å². The van der Waals surface area contributed by atoms with Gasteiger partial charge < -0.3 is 9.63 Å². The maximum atomic E-state index is 9.98. The molecule has 19 heavy (non-hydrogen) atoms. The third kappa shape index (κ3) is 4.01. The molecule has 1 aliphatic rings. The van der Waals surface area contributed by atoms with Crippen LogP contribution >= 0.6 is 0 Å². The van der Waals surface area contributed by atoms with Crippen molar-refractivity contribution in [1.82, 2.24) is 15.0 Å². The third-order valence-corrected chi connectivity index (χ3v) is 3.80. The molecular weight excluding hydrogens is 242 g/mol. The van der Waals surface area contributed by atoms with Gasteiger partial charge in [0.15, 0.2) is 5.82 Å². The standard InChI is InChI=1S/C14H25N3O2/c1-10(2)14-15-13(16-19-14)9-17(3)8-11-6-4-5-7-12(11)18/h10-12,18H,4-9H2,1-3H3. The van der Waals surface area contributed by atoms with Crippen molar-refractivity contribution in [2.75, 3.05) is 13.6 Å². The number of aliphatic hydroxyl groups is 1. The molecule has 0 aromatic carbocycles. The van der Waals surface area contributed by atoms with Crippen LogP contribution in [-0.4, -0.2) is 39.8 Å². The molecule has 5 heteroatoms. The van der Waals surface area contributed by atoms with E-state index < -0.39 is 0 Å². The Balaban J connectivity index is 1.84. The van der Waals surface area contributed by atoms with Crippen LogP contribution in [0, 0.1) is 5.92 Å². The molecule has 2 atom stereocenters. The highest BCUT2D eigenvalue weighted by Gasteiger charge is 2.24. The summed E-state index contributed by atoms with van der Waals surface area (Å²) in [6, 6.07) is 0. The van der Waals surface area contributed by atoms with Gasteiger partial charge in [-0.3, -0.25) is 4.90 Å².